The lowest BCUT2D eigenvalue weighted by atomic mass is 9.91. The molecule has 6 nitrogen and oxygen atoms in total. The van der Waals surface area contributed by atoms with Gasteiger partial charge in [-0.3, -0.25) is 4.90 Å². The van der Waals surface area contributed by atoms with Crippen LogP contribution in [0.25, 0.3) is 0 Å². The highest BCUT2D eigenvalue weighted by atomic mass is 16.8. The van der Waals surface area contributed by atoms with Crippen LogP contribution in [-0.2, 0) is 14.2 Å². The third-order valence-corrected chi connectivity index (χ3v) is 4.11. The molecule has 0 aromatic carbocycles. The lowest BCUT2D eigenvalue weighted by molar-refractivity contribution is -0.162. The van der Waals surface area contributed by atoms with E-state index in [0.29, 0.717) is 0 Å². The highest BCUT2D eigenvalue weighted by molar-refractivity contribution is 5.71. The van der Waals surface area contributed by atoms with Gasteiger partial charge in [-0.15, -0.1) is 0 Å². The van der Waals surface area contributed by atoms with Crippen molar-refractivity contribution in [3.63, 3.8) is 0 Å². The predicted molar refractivity (Wildman–Crippen MR) is 72.1 cm³/mol. The summed E-state index contributed by atoms with van der Waals surface area (Å²) in [4.78, 5) is 14.1. The number of nitrogens with zero attached hydrogens (tertiary/aromatic N) is 1. The largest absolute Gasteiger partial charge is 0.444 e. The molecule has 3 saturated heterocycles. The molecule has 5 atom stereocenters. The first-order valence-electron chi connectivity index (χ1n) is 7.22. The number of nitrogens with two attached hydrogens (primary N) is 1. The number of hydrogen-bond acceptors (Lipinski definition) is 5. The zero-order valence-corrected chi connectivity index (χ0v) is 12.8. The van der Waals surface area contributed by atoms with Crippen LogP contribution in [0, 0.1) is 0 Å². The second kappa shape index (κ2) is 4.08. The average molecular weight is 284 g/mol. The van der Waals surface area contributed by atoms with Crippen LogP contribution < -0.4 is 5.73 Å². The van der Waals surface area contributed by atoms with Crippen LogP contribution in [0.15, 0.2) is 0 Å². The minimum atomic E-state index is -0.601. The second-order valence-corrected chi connectivity index (χ2v) is 7.41. The van der Waals surface area contributed by atoms with Gasteiger partial charge in [0.15, 0.2) is 5.79 Å². The number of ether oxygens (including phenoxy) is 3. The van der Waals surface area contributed by atoms with Gasteiger partial charge < -0.3 is 19.9 Å². The molecule has 20 heavy (non-hydrogen) atoms. The molecule has 6 heteroatoms. The quantitative estimate of drug-likeness (QED) is 0.724. The zero-order valence-electron chi connectivity index (χ0n) is 12.8. The molecule has 0 spiro atoms. The standard InChI is InChI=1S/C14H24N2O4/c1-13(2,3)20-12(17)16-8-6-7(15)9(16)11-10(8)18-14(4,5)19-11/h7-11H,6,15H2,1-5H3/t7-,8-,9+,10-,11+/m1/s1. The van der Waals surface area contributed by atoms with Gasteiger partial charge in [-0.2, -0.15) is 0 Å². The van der Waals surface area contributed by atoms with E-state index in [2.05, 4.69) is 0 Å². The summed E-state index contributed by atoms with van der Waals surface area (Å²) in [6, 6.07) is -0.274. The smallest absolute Gasteiger partial charge is 0.411 e. The molecule has 3 fully saturated rings. The molecule has 114 valence electrons. The molecule has 3 heterocycles. The summed E-state index contributed by atoms with van der Waals surface area (Å²) in [6.45, 7) is 9.38. The van der Waals surface area contributed by atoms with Crippen LogP contribution in [0.1, 0.15) is 41.0 Å². The van der Waals surface area contributed by atoms with Crippen molar-refractivity contribution in [3.8, 4) is 0 Å². The molecule has 0 aliphatic carbocycles. The molecule has 0 aromatic rings. The van der Waals surface area contributed by atoms with Gasteiger partial charge in [0.25, 0.3) is 0 Å². The Balaban J connectivity index is 1.81. The SMILES string of the molecule is CC(C)(C)OC(=O)N1[C@@H]2[C@@H]3OC(C)(C)O[C@@H]3[C@H]1C[C@H]2N. The monoisotopic (exact) mass is 284 g/mol. The number of carbonyl (C=O) groups is 1. The van der Waals surface area contributed by atoms with Crippen molar-refractivity contribution in [1.29, 1.82) is 0 Å². The molecule has 1 amide bonds. The number of rotatable bonds is 0. The third-order valence-electron chi connectivity index (χ3n) is 4.11. The Morgan fingerprint density at radius 3 is 2.50 bits per heavy atom. The van der Waals surface area contributed by atoms with E-state index in [9.17, 15) is 4.79 Å². The molecule has 0 saturated carbocycles. The van der Waals surface area contributed by atoms with Crippen molar-refractivity contribution >= 4 is 6.09 Å². The van der Waals surface area contributed by atoms with E-state index in [-0.39, 0.29) is 36.4 Å². The number of carbonyl (C=O) groups excluding carboxylic acids is 1. The molecular formula is C14H24N2O4. The van der Waals surface area contributed by atoms with Crippen LogP contribution in [0.3, 0.4) is 0 Å². The highest BCUT2D eigenvalue weighted by Crippen LogP contribution is 2.47. The predicted octanol–water partition coefficient (Wildman–Crippen LogP) is 1.23. The number of fused-ring (bicyclic) bond motifs is 5. The van der Waals surface area contributed by atoms with E-state index in [1.807, 2.05) is 34.6 Å². The van der Waals surface area contributed by atoms with E-state index < -0.39 is 11.4 Å². The first-order valence-corrected chi connectivity index (χ1v) is 7.22. The normalized spacial score (nSPS) is 41.9. The van der Waals surface area contributed by atoms with Crippen LogP contribution >= 0.6 is 0 Å². The van der Waals surface area contributed by atoms with Crippen LogP contribution in [0.2, 0.25) is 0 Å². The van der Waals surface area contributed by atoms with Crippen LogP contribution in [0.4, 0.5) is 4.79 Å². The maximum atomic E-state index is 12.4. The van der Waals surface area contributed by atoms with E-state index in [1.165, 1.54) is 0 Å². The molecule has 0 aromatic heterocycles. The Morgan fingerprint density at radius 1 is 1.30 bits per heavy atom. The van der Waals surface area contributed by atoms with E-state index in [4.69, 9.17) is 19.9 Å². The van der Waals surface area contributed by atoms with Gasteiger partial charge in [0.2, 0.25) is 0 Å². The molecule has 0 radical (unpaired) electrons. The second-order valence-electron chi connectivity index (χ2n) is 7.41. The first kappa shape index (κ1) is 14.1. The van der Waals surface area contributed by atoms with E-state index >= 15 is 0 Å². The van der Waals surface area contributed by atoms with Crippen molar-refractivity contribution in [1.82, 2.24) is 4.90 Å². The van der Waals surface area contributed by atoms with Gasteiger partial charge in [0, 0.05) is 6.04 Å². The fraction of sp³-hybridized carbons (Fsp3) is 0.929. The van der Waals surface area contributed by atoms with Crippen molar-refractivity contribution in [2.24, 2.45) is 5.73 Å². The van der Waals surface area contributed by atoms with E-state index in [0.717, 1.165) is 6.42 Å². The number of amides is 1. The topological polar surface area (TPSA) is 74.0 Å². The minimum Gasteiger partial charge on any atom is -0.444 e. The molecule has 2 bridgehead atoms. The van der Waals surface area contributed by atoms with Crippen molar-refractivity contribution in [2.45, 2.75) is 82.8 Å². The Kier molecular flexibility index (Phi) is 2.88. The molecule has 0 unspecified atom stereocenters. The summed E-state index contributed by atoms with van der Waals surface area (Å²) in [6.07, 6.45) is 0.179. The lowest BCUT2D eigenvalue weighted by Crippen LogP contribution is -2.49. The van der Waals surface area contributed by atoms with Crippen molar-refractivity contribution < 1.29 is 19.0 Å². The molecular weight excluding hydrogens is 260 g/mol. The van der Waals surface area contributed by atoms with E-state index in [1.54, 1.807) is 4.90 Å². The summed E-state index contributed by atoms with van der Waals surface area (Å²) < 4.78 is 17.4. The maximum Gasteiger partial charge on any atom is 0.411 e. The Hall–Kier alpha value is -0.850. The van der Waals surface area contributed by atoms with Crippen molar-refractivity contribution in [3.05, 3.63) is 0 Å². The molecule has 2 N–H and O–H groups in total. The van der Waals surface area contributed by atoms with Gasteiger partial charge in [0.05, 0.1) is 12.1 Å². The maximum absolute atomic E-state index is 12.4. The van der Waals surface area contributed by atoms with Gasteiger partial charge in [0.1, 0.15) is 17.8 Å². The summed E-state index contributed by atoms with van der Waals surface area (Å²) in [5.41, 5.74) is 5.66. The van der Waals surface area contributed by atoms with Gasteiger partial charge in [-0.25, -0.2) is 4.79 Å². The first-order chi connectivity index (χ1) is 9.09. The molecule has 3 aliphatic rings. The third kappa shape index (κ3) is 2.10. The Bertz CT molecular complexity index is 431. The molecule has 3 aliphatic heterocycles. The van der Waals surface area contributed by atoms with Crippen molar-refractivity contribution in [2.75, 3.05) is 0 Å². The fourth-order valence-corrected chi connectivity index (χ4v) is 3.60. The summed E-state index contributed by atoms with van der Waals surface area (Å²) in [5.74, 6) is -0.601. The average Bonchev–Trinajstić information content (AvgIpc) is 2.79. The Labute approximate surface area is 119 Å². The van der Waals surface area contributed by atoms with Gasteiger partial charge in [-0.1, -0.05) is 0 Å². The Morgan fingerprint density at radius 2 is 1.90 bits per heavy atom. The van der Waals surface area contributed by atoms with Gasteiger partial charge in [-0.05, 0) is 41.0 Å². The summed E-state index contributed by atoms with van der Waals surface area (Å²) in [5, 5.41) is 0. The zero-order chi connectivity index (χ0) is 14.9. The number of hydrogen-bond donors (Lipinski definition) is 1. The molecule has 3 rings (SSSR count). The van der Waals surface area contributed by atoms with Crippen LogP contribution in [0.5, 0.6) is 0 Å². The highest BCUT2D eigenvalue weighted by Gasteiger charge is 2.65. The lowest BCUT2D eigenvalue weighted by Gasteiger charge is -2.30. The van der Waals surface area contributed by atoms with Crippen LogP contribution in [-0.4, -0.2) is 52.7 Å². The summed E-state index contributed by atoms with van der Waals surface area (Å²) in [7, 11) is 0. The fourth-order valence-electron chi connectivity index (χ4n) is 3.60. The minimum absolute atomic E-state index is 0.0448. The summed E-state index contributed by atoms with van der Waals surface area (Å²) >= 11 is 0. The van der Waals surface area contributed by atoms with Gasteiger partial charge >= 0.3 is 6.09 Å².